The van der Waals surface area contributed by atoms with Crippen LogP contribution in [-0.4, -0.2) is 44.7 Å². The van der Waals surface area contributed by atoms with Gasteiger partial charge in [0.05, 0.1) is 25.8 Å². The summed E-state index contributed by atoms with van der Waals surface area (Å²) in [6, 6.07) is 5.24. The topological polar surface area (TPSA) is 93.9 Å². The minimum atomic E-state index is -0.488. The van der Waals surface area contributed by atoms with E-state index in [-0.39, 0.29) is 18.2 Å². The van der Waals surface area contributed by atoms with Crippen molar-refractivity contribution in [2.45, 2.75) is 25.8 Å². The van der Waals surface area contributed by atoms with Crippen molar-refractivity contribution in [3.05, 3.63) is 18.2 Å². The maximum Gasteiger partial charge on any atom is 0.227 e. The largest absolute Gasteiger partial charge is 0.497 e. The number of hydrogen-bond acceptors (Lipinski definition) is 5. The molecule has 0 radical (unpaired) electrons. The van der Waals surface area contributed by atoms with Crippen LogP contribution in [0, 0.1) is 5.92 Å². The van der Waals surface area contributed by atoms with E-state index in [4.69, 9.17) is 15.2 Å². The molecular formula is C17H25N3O4. The first-order chi connectivity index (χ1) is 11.2. The van der Waals surface area contributed by atoms with Crippen LogP contribution in [0.1, 0.15) is 20.3 Å². The van der Waals surface area contributed by atoms with Crippen molar-refractivity contribution in [1.29, 1.82) is 0 Å². The zero-order chi connectivity index (χ0) is 17.9. The predicted molar refractivity (Wildman–Crippen MR) is 91.3 cm³/mol. The van der Waals surface area contributed by atoms with Crippen LogP contribution in [-0.2, 0) is 9.59 Å². The lowest BCUT2D eigenvalue weighted by Gasteiger charge is -2.21. The molecule has 0 bridgehead atoms. The predicted octanol–water partition coefficient (Wildman–Crippen LogP) is 0.910. The maximum absolute atomic E-state index is 12.3. The Hall–Kier alpha value is -2.28. The molecule has 1 unspecified atom stereocenters. The molecule has 0 spiro atoms. The monoisotopic (exact) mass is 335 g/mol. The van der Waals surface area contributed by atoms with Crippen molar-refractivity contribution in [1.82, 2.24) is 5.32 Å². The quantitative estimate of drug-likeness (QED) is 0.806. The highest BCUT2D eigenvalue weighted by Crippen LogP contribution is 2.32. The minimum Gasteiger partial charge on any atom is -0.497 e. The number of nitrogens with zero attached hydrogens (tertiary/aromatic N) is 1. The van der Waals surface area contributed by atoms with Crippen molar-refractivity contribution in [3.8, 4) is 11.5 Å². The van der Waals surface area contributed by atoms with Crippen LogP contribution in [0.15, 0.2) is 18.2 Å². The Labute approximate surface area is 142 Å². The second kappa shape index (κ2) is 7.09. The third-order valence-electron chi connectivity index (χ3n) is 3.86. The Morgan fingerprint density at radius 1 is 1.29 bits per heavy atom. The normalized spacial score (nSPS) is 17.8. The van der Waals surface area contributed by atoms with E-state index in [0.717, 1.165) is 0 Å². The molecule has 0 saturated carbocycles. The first-order valence-electron chi connectivity index (χ1n) is 7.83. The number of anilines is 1. The van der Waals surface area contributed by atoms with E-state index in [1.165, 1.54) is 0 Å². The molecule has 1 heterocycles. The number of benzene rings is 1. The van der Waals surface area contributed by atoms with Crippen LogP contribution in [0.5, 0.6) is 11.5 Å². The van der Waals surface area contributed by atoms with E-state index in [0.29, 0.717) is 30.3 Å². The van der Waals surface area contributed by atoms with Crippen LogP contribution in [0.3, 0.4) is 0 Å². The molecule has 1 aromatic rings. The average Bonchev–Trinajstić information content (AvgIpc) is 2.93. The number of carbonyl (C=O) groups is 2. The van der Waals surface area contributed by atoms with Gasteiger partial charge in [0.2, 0.25) is 11.8 Å². The van der Waals surface area contributed by atoms with Crippen LogP contribution in [0.25, 0.3) is 0 Å². The Morgan fingerprint density at radius 2 is 1.88 bits per heavy atom. The zero-order valence-corrected chi connectivity index (χ0v) is 14.6. The fourth-order valence-electron chi connectivity index (χ4n) is 2.54. The summed E-state index contributed by atoms with van der Waals surface area (Å²) in [7, 11) is 3.10. The molecule has 7 nitrogen and oxygen atoms in total. The van der Waals surface area contributed by atoms with Gasteiger partial charge in [-0.25, -0.2) is 0 Å². The SMILES string of the molecule is COc1cc(OC)cc(N2CC(C(=O)NCC(C)(C)N)CC2=O)c1. The van der Waals surface area contributed by atoms with Gasteiger partial charge in [-0.2, -0.15) is 0 Å². The molecule has 2 amide bonds. The fraction of sp³-hybridized carbons (Fsp3) is 0.529. The summed E-state index contributed by atoms with van der Waals surface area (Å²) < 4.78 is 10.5. The van der Waals surface area contributed by atoms with Gasteiger partial charge in [0.25, 0.3) is 0 Å². The molecule has 1 saturated heterocycles. The smallest absolute Gasteiger partial charge is 0.227 e. The molecule has 2 rings (SSSR count). The molecule has 24 heavy (non-hydrogen) atoms. The summed E-state index contributed by atoms with van der Waals surface area (Å²) in [4.78, 5) is 26.2. The van der Waals surface area contributed by atoms with E-state index in [9.17, 15) is 9.59 Å². The van der Waals surface area contributed by atoms with Gasteiger partial charge < -0.3 is 25.4 Å². The van der Waals surface area contributed by atoms with Crippen LogP contribution in [0.2, 0.25) is 0 Å². The second-order valence-corrected chi connectivity index (χ2v) is 6.68. The molecule has 1 fully saturated rings. The summed E-state index contributed by atoms with van der Waals surface area (Å²) >= 11 is 0. The number of rotatable bonds is 6. The van der Waals surface area contributed by atoms with Crippen molar-refractivity contribution >= 4 is 17.5 Å². The van der Waals surface area contributed by atoms with Crippen LogP contribution >= 0.6 is 0 Å². The highest BCUT2D eigenvalue weighted by molar-refractivity contribution is 6.00. The third-order valence-corrected chi connectivity index (χ3v) is 3.86. The molecule has 3 N–H and O–H groups in total. The lowest BCUT2D eigenvalue weighted by molar-refractivity contribution is -0.126. The molecular weight excluding hydrogens is 310 g/mol. The van der Waals surface area contributed by atoms with Gasteiger partial charge in [0.1, 0.15) is 11.5 Å². The molecule has 1 aliphatic rings. The van der Waals surface area contributed by atoms with Gasteiger partial charge in [-0.15, -0.1) is 0 Å². The van der Waals surface area contributed by atoms with Crippen molar-refractivity contribution in [2.24, 2.45) is 11.7 Å². The fourth-order valence-corrected chi connectivity index (χ4v) is 2.54. The van der Waals surface area contributed by atoms with E-state index < -0.39 is 11.5 Å². The number of nitrogens with two attached hydrogens (primary N) is 1. The number of carbonyl (C=O) groups excluding carboxylic acids is 2. The van der Waals surface area contributed by atoms with E-state index in [1.54, 1.807) is 37.3 Å². The van der Waals surface area contributed by atoms with E-state index in [1.807, 2.05) is 13.8 Å². The van der Waals surface area contributed by atoms with Crippen molar-refractivity contribution < 1.29 is 19.1 Å². The minimum absolute atomic E-state index is 0.0996. The first-order valence-corrected chi connectivity index (χ1v) is 7.83. The highest BCUT2D eigenvalue weighted by Gasteiger charge is 2.35. The molecule has 0 aliphatic carbocycles. The Bertz CT molecular complexity index is 603. The lowest BCUT2D eigenvalue weighted by atomic mass is 10.1. The molecule has 7 heteroatoms. The number of methoxy groups -OCH3 is 2. The Balaban J connectivity index is 2.11. The molecule has 1 atom stereocenters. The Kier molecular flexibility index (Phi) is 5.33. The maximum atomic E-state index is 12.3. The van der Waals surface area contributed by atoms with Gasteiger partial charge in [-0.3, -0.25) is 9.59 Å². The summed E-state index contributed by atoms with van der Waals surface area (Å²) in [5, 5.41) is 2.81. The second-order valence-electron chi connectivity index (χ2n) is 6.68. The third kappa shape index (κ3) is 4.38. The van der Waals surface area contributed by atoms with Crippen molar-refractivity contribution in [2.75, 3.05) is 32.2 Å². The number of nitrogens with one attached hydrogen (secondary N) is 1. The first kappa shape index (κ1) is 18.1. The van der Waals surface area contributed by atoms with Gasteiger partial charge in [0.15, 0.2) is 0 Å². The van der Waals surface area contributed by atoms with Crippen LogP contribution < -0.4 is 25.4 Å². The summed E-state index contributed by atoms with van der Waals surface area (Å²) in [6.07, 6.45) is 0.177. The summed E-state index contributed by atoms with van der Waals surface area (Å²) in [5.74, 6) is 0.540. The van der Waals surface area contributed by atoms with E-state index in [2.05, 4.69) is 5.32 Å². The van der Waals surface area contributed by atoms with Gasteiger partial charge in [0, 0.05) is 43.2 Å². The average molecular weight is 335 g/mol. The molecule has 132 valence electrons. The summed E-state index contributed by atoms with van der Waals surface area (Å²) in [6.45, 7) is 4.36. The molecule has 0 aromatic heterocycles. The number of hydrogen-bond donors (Lipinski definition) is 2. The lowest BCUT2D eigenvalue weighted by Crippen LogP contribution is -2.46. The number of ether oxygens (including phenoxy) is 2. The van der Waals surface area contributed by atoms with Crippen molar-refractivity contribution in [3.63, 3.8) is 0 Å². The Morgan fingerprint density at radius 3 is 2.38 bits per heavy atom. The highest BCUT2D eigenvalue weighted by atomic mass is 16.5. The van der Waals surface area contributed by atoms with Gasteiger partial charge in [-0.1, -0.05) is 0 Å². The molecule has 1 aromatic carbocycles. The van der Waals surface area contributed by atoms with Gasteiger partial charge in [-0.05, 0) is 13.8 Å². The van der Waals surface area contributed by atoms with E-state index >= 15 is 0 Å². The number of amides is 2. The zero-order valence-electron chi connectivity index (χ0n) is 14.6. The van der Waals surface area contributed by atoms with Crippen LogP contribution in [0.4, 0.5) is 5.69 Å². The molecule has 1 aliphatic heterocycles. The standard InChI is InChI=1S/C17H25N3O4/c1-17(2,18)10-19-16(22)11-5-15(21)20(9-11)12-6-13(23-3)8-14(7-12)24-4/h6-8,11H,5,9-10,18H2,1-4H3,(H,19,22). The summed E-state index contributed by atoms with van der Waals surface area (Å²) in [5.41, 5.74) is 6.04. The van der Waals surface area contributed by atoms with Gasteiger partial charge >= 0.3 is 0 Å².